The zero-order valence-electron chi connectivity index (χ0n) is 20.8. The minimum atomic E-state index is -0.0984. The summed E-state index contributed by atoms with van der Waals surface area (Å²) in [6.07, 6.45) is 5.39. The molecule has 3 aromatic carbocycles. The number of nitrogens with zero attached hydrogens (tertiary/aromatic N) is 2. The Morgan fingerprint density at radius 2 is 1.36 bits per heavy atom. The molecule has 0 aliphatic rings. The van der Waals surface area contributed by atoms with Crippen LogP contribution >= 0.6 is 0 Å². The Labute approximate surface area is 213 Å². The Bertz CT molecular complexity index is 1400. The predicted molar refractivity (Wildman–Crippen MR) is 148 cm³/mol. The van der Waals surface area contributed by atoms with Crippen molar-refractivity contribution in [3.05, 3.63) is 132 Å². The molecular weight excluding hydrogens is 442 g/mol. The van der Waals surface area contributed by atoms with Crippen LogP contribution in [0.4, 0.5) is 0 Å². The highest BCUT2D eigenvalue weighted by Gasteiger charge is 2.21. The summed E-state index contributed by atoms with van der Waals surface area (Å²) in [6, 6.07) is 31.8. The number of fused-ring (bicyclic) bond motifs is 1. The van der Waals surface area contributed by atoms with Gasteiger partial charge in [-0.05, 0) is 34.9 Å². The van der Waals surface area contributed by atoms with Gasteiger partial charge in [0.2, 0.25) is 0 Å². The van der Waals surface area contributed by atoms with Crippen LogP contribution in [0.5, 0.6) is 0 Å². The van der Waals surface area contributed by atoms with E-state index in [0.29, 0.717) is 18.5 Å². The number of carbonyl (C=O) groups excluding carboxylic acids is 1. The van der Waals surface area contributed by atoms with Gasteiger partial charge in [-0.1, -0.05) is 99.1 Å². The van der Waals surface area contributed by atoms with Gasteiger partial charge in [0.05, 0.1) is 16.8 Å². The van der Waals surface area contributed by atoms with E-state index in [4.69, 9.17) is 4.98 Å². The monoisotopic (exact) mass is 473 g/mol. The van der Waals surface area contributed by atoms with E-state index in [1.807, 2.05) is 97.1 Å². The number of benzene rings is 3. The first-order valence-corrected chi connectivity index (χ1v) is 12.4. The van der Waals surface area contributed by atoms with E-state index in [1.54, 1.807) is 12.4 Å². The SMILES string of the molecule is CCC.O=C(NCc1ccccc1)c1c(Cc2ccncc2)c(-c2ccccc2)nc2ccccc12. The molecule has 0 spiro atoms. The van der Waals surface area contributed by atoms with Crippen molar-refractivity contribution in [3.8, 4) is 11.3 Å². The molecule has 0 saturated carbocycles. The summed E-state index contributed by atoms with van der Waals surface area (Å²) in [5.41, 5.74) is 6.35. The van der Waals surface area contributed by atoms with Crippen molar-refractivity contribution in [2.75, 3.05) is 0 Å². The molecule has 0 bridgehead atoms. The van der Waals surface area contributed by atoms with Gasteiger partial charge in [-0.3, -0.25) is 9.78 Å². The molecule has 180 valence electrons. The van der Waals surface area contributed by atoms with Gasteiger partial charge in [0.1, 0.15) is 0 Å². The van der Waals surface area contributed by atoms with Crippen molar-refractivity contribution in [3.63, 3.8) is 0 Å². The maximum absolute atomic E-state index is 13.7. The van der Waals surface area contributed by atoms with E-state index in [9.17, 15) is 4.79 Å². The first-order chi connectivity index (χ1) is 17.7. The number of pyridine rings is 2. The van der Waals surface area contributed by atoms with Crippen molar-refractivity contribution in [1.29, 1.82) is 0 Å². The highest BCUT2D eigenvalue weighted by Crippen LogP contribution is 2.32. The van der Waals surface area contributed by atoms with E-state index >= 15 is 0 Å². The van der Waals surface area contributed by atoms with Crippen molar-refractivity contribution < 1.29 is 4.79 Å². The smallest absolute Gasteiger partial charge is 0.252 e. The molecule has 1 amide bonds. The van der Waals surface area contributed by atoms with Crippen LogP contribution in [0.25, 0.3) is 22.2 Å². The van der Waals surface area contributed by atoms with Gasteiger partial charge in [0, 0.05) is 36.3 Å². The fraction of sp³-hybridized carbons (Fsp3) is 0.156. The third-order valence-corrected chi connectivity index (χ3v) is 5.69. The highest BCUT2D eigenvalue weighted by atomic mass is 16.1. The molecule has 0 unspecified atom stereocenters. The molecule has 4 heteroatoms. The first-order valence-electron chi connectivity index (χ1n) is 12.4. The molecule has 2 heterocycles. The predicted octanol–water partition coefficient (Wildman–Crippen LogP) is 7.23. The molecule has 0 saturated heterocycles. The van der Waals surface area contributed by atoms with Gasteiger partial charge in [0.15, 0.2) is 0 Å². The van der Waals surface area contributed by atoms with E-state index < -0.39 is 0 Å². The van der Waals surface area contributed by atoms with Crippen LogP contribution in [0, 0.1) is 0 Å². The maximum atomic E-state index is 13.7. The Hall–Kier alpha value is -4.31. The molecule has 0 fully saturated rings. The first kappa shape index (κ1) is 24.8. The van der Waals surface area contributed by atoms with Crippen LogP contribution in [-0.2, 0) is 13.0 Å². The lowest BCUT2D eigenvalue weighted by Crippen LogP contribution is -2.25. The van der Waals surface area contributed by atoms with Gasteiger partial charge in [-0.2, -0.15) is 0 Å². The molecule has 4 nitrogen and oxygen atoms in total. The van der Waals surface area contributed by atoms with Crippen molar-refractivity contribution in [1.82, 2.24) is 15.3 Å². The van der Waals surface area contributed by atoms with E-state index in [0.717, 1.165) is 38.9 Å². The third kappa shape index (κ3) is 6.02. The summed E-state index contributed by atoms with van der Waals surface area (Å²) in [5, 5.41) is 3.99. The molecule has 1 N–H and O–H groups in total. The second kappa shape index (κ2) is 12.4. The highest BCUT2D eigenvalue weighted by molar-refractivity contribution is 6.09. The molecule has 36 heavy (non-hydrogen) atoms. The molecular formula is C32H31N3O. The Kier molecular flexibility index (Phi) is 8.55. The second-order valence-electron chi connectivity index (χ2n) is 8.60. The quantitative estimate of drug-likeness (QED) is 0.283. The van der Waals surface area contributed by atoms with Gasteiger partial charge in [0.25, 0.3) is 5.91 Å². The van der Waals surface area contributed by atoms with Gasteiger partial charge in [-0.15, -0.1) is 0 Å². The fourth-order valence-corrected chi connectivity index (χ4v) is 4.09. The summed E-state index contributed by atoms with van der Waals surface area (Å²) < 4.78 is 0. The molecule has 5 aromatic rings. The summed E-state index contributed by atoms with van der Waals surface area (Å²) in [5.74, 6) is -0.0984. The summed E-state index contributed by atoms with van der Waals surface area (Å²) in [4.78, 5) is 22.8. The topological polar surface area (TPSA) is 54.9 Å². The lowest BCUT2D eigenvalue weighted by atomic mass is 9.92. The maximum Gasteiger partial charge on any atom is 0.252 e. The molecule has 5 rings (SSSR count). The molecule has 0 atom stereocenters. The van der Waals surface area contributed by atoms with Gasteiger partial charge < -0.3 is 5.32 Å². The summed E-state index contributed by atoms with van der Waals surface area (Å²) >= 11 is 0. The zero-order chi connectivity index (χ0) is 25.2. The average molecular weight is 474 g/mol. The third-order valence-electron chi connectivity index (χ3n) is 5.69. The Morgan fingerprint density at radius 1 is 0.750 bits per heavy atom. The molecule has 0 aliphatic heterocycles. The molecule has 0 radical (unpaired) electrons. The van der Waals surface area contributed by atoms with Crippen molar-refractivity contribution in [2.45, 2.75) is 33.2 Å². The Morgan fingerprint density at radius 3 is 2.06 bits per heavy atom. The average Bonchev–Trinajstić information content (AvgIpc) is 2.93. The minimum Gasteiger partial charge on any atom is -0.348 e. The Balaban J connectivity index is 0.000000967. The molecule has 0 aliphatic carbocycles. The number of amides is 1. The number of carbonyl (C=O) groups is 1. The van der Waals surface area contributed by atoms with Gasteiger partial charge in [-0.25, -0.2) is 4.98 Å². The van der Waals surface area contributed by atoms with Crippen LogP contribution in [0.15, 0.2) is 109 Å². The van der Waals surface area contributed by atoms with Crippen LogP contribution in [-0.4, -0.2) is 15.9 Å². The van der Waals surface area contributed by atoms with Crippen LogP contribution in [0.1, 0.15) is 47.3 Å². The summed E-state index contributed by atoms with van der Waals surface area (Å²) in [7, 11) is 0. The van der Waals surface area contributed by atoms with Crippen LogP contribution in [0.2, 0.25) is 0 Å². The number of nitrogens with one attached hydrogen (secondary N) is 1. The van der Waals surface area contributed by atoms with Crippen molar-refractivity contribution in [2.24, 2.45) is 0 Å². The number of aromatic nitrogens is 2. The van der Waals surface area contributed by atoms with E-state index in [-0.39, 0.29) is 5.91 Å². The lowest BCUT2D eigenvalue weighted by molar-refractivity contribution is 0.0951. The number of para-hydroxylation sites is 1. The van der Waals surface area contributed by atoms with E-state index in [2.05, 4.69) is 24.1 Å². The number of hydrogen-bond donors (Lipinski definition) is 1. The standard InChI is InChI=1S/C29H23N3O.C3H8/c33-29(31-20-22-9-3-1-4-10-22)27-24-13-7-8-14-26(24)32-28(23-11-5-2-6-12-23)25(27)19-21-15-17-30-18-16-21;1-3-2/h1-18H,19-20H2,(H,31,33);3H2,1-2H3. The number of hydrogen-bond acceptors (Lipinski definition) is 3. The minimum absolute atomic E-state index is 0.0984. The largest absolute Gasteiger partial charge is 0.348 e. The van der Waals surface area contributed by atoms with Crippen LogP contribution < -0.4 is 5.32 Å². The molecule has 2 aromatic heterocycles. The normalized spacial score (nSPS) is 10.4. The van der Waals surface area contributed by atoms with Gasteiger partial charge >= 0.3 is 0 Å². The summed E-state index contributed by atoms with van der Waals surface area (Å²) in [6.45, 7) is 4.71. The second-order valence-corrected chi connectivity index (χ2v) is 8.60. The van der Waals surface area contributed by atoms with E-state index in [1.165, 1.54) is 6.42 Å². The lowest BCUT2D eigenvalue weighted by Gasteiger charge is -2.18. The number of rotatable bonds is 6. The zero-order valence-corrected chi connectivity index (χ0v) is 20.8. The van der Waals surface area contributed by atoms with Crippen LogP contribution in [0.3, 0.4) is 0 Å². The fourth-order valence-electron chi connectivity index (χ4n) is 4.09. The van der Waals surface area contributed by atoms with Crippen molar-refractivity contribution >= 4 is 16.8 Å².